The highest BCUT2D eigenvalue weighted by Gasteiger charge is 2.18. The van der Waals surface area contributed by atoms with Gasteiger partial charge in [-0.3, -0.25) is 4.98 Å². The van der Waals surface area contributed by atoms with Crippen molar-refractivity contribution in [2.24, 2.45) is 0 Å². The third-order valence-corrected chi connectivity index (χ3v) is 2.76. The summed E-state index contributed by atoms with van der Waals surface area (Å²) in [5, 5.41) is 3.03. The van der Waals surface area contributed by atoms with Crippen LogP contribution in [-0.4, -0.2) is 16.5 Å². The fraction of sp³-hybridized carbons (Fsp3) is 0.286. The molecule has 0 saturated heterocycles. The standard InChI is InChI=1S/C14H15F2N3/c1-3-6-18-14-13(17-7-8-19-14)11-10(15)5-4-9(2)12(11)16/h4-5,7-8H,3,6H2,1-2H3,(H,18,19). The Bertz CT molecular complexity index is 585. The molecule has 0 amide bonds. The monoisotopic (exact) mass is 263 g/mol. The van der Waals surface area contributed by atoms with Gasteiger partial charge in [0.25, 0.3) is 0 Å². The summed E-state index contributed by atoms with van der Waals surface area (Å²) in [6, 6.07) is 2.65. The molecule has 0 atom stereocenters. The first-order chi connectivity index (χ1) is 9.15. The topological polar surface area (TPSA) is 37.8 Å². The SMILES string of the molecule is CCCNc1nccnc1-c1c(F)ccc(C)c1F. The van der Waals surface area contributed by atoms with Crippen molar-refractivity contribution in [1.82, 2.24) is 9.97 Å². The van der Waals surface area contributed by atoms with E-state index >= 15 is 0 Å². The Morgan fingerprint density at radius 3 is 2.63 bits per heavy atom. The second-order valence-electron chi connectivity index (χ2n) is 4.23. The quantitative estimate of drug-likeness (QED) is 0.916. The van der Waals surface area contributed by atoms with Gasteiger partial charge in [0.1, 0.15) is 17.3 Å². The van der Waals surface area contributed by atoms with E-state index in [4.69, 9.17) is 0 Å². The summed E-state index contributed by atoms with van der Waals surface area (Å²) < 4.78 is 28.0. The molecule has 5 heteroatoms. The Morgan fingerprint density at radius 2 is 1.89 bits per heavy atom. The fourth-order valence-electron chi connectivity index (χ4n) is 1.77. The molecule has 0 radical (unpaired) electrons. The summed E-state index contributed by atoms with van der Waals surface area (Å²) in [5.41, 5.74) is 0.449. The van der Waals surface area contributed by atoms with E-state index < -0.39 is 11.6 Å². The van der Waals surface area contributed by atoms with Gasteiger partial charge < -0.3 is 5.32 Å². The maximum Gasteiger partial charge on any atom is 0.152 e. The number of hydrogen-bond acceptors (Lipinski definition) is 3. The highest BCUT2D eigenvalue weighted by molar-refractivity contribution is 5.72. The van der Waals surface area contributed by atoms with E-state index in [2.05, 4.69) is 15.3 Å². The molecule has 0 spiro atoms. The molecule has 1 N–H and O–H groups in total. The molecule has 1 heterocycles. The number of nitrogens with one attached hydrogen (secondary N) is 1. The summed E-state index contributed by atoms with van der Waals surface area (Å²) in [5.74, 6) is -0.837. The van der Waals surface area contributed by atoms with Gasteiger partial charge in [-0.25, -0.2) is 13.8 Å². The van der Waals surface area contributed by atoms with Gasteiger partial charge in [0.15, 0.2) is 5.82 Å². The molecule has 0 aliphatic carbocycles. The maximum atomic E-state index is 14.1. The average Bonchev–Trinajstić information content (AvgIpc) is 2.42. The maximum absolute atomic E-state index is 14.1. The zero-order valence-electron chi connectivity index (χ0n) is 10.9. The smallest absolute Gasteiger partial charge is 0.152 e. The van der Waals surface area contributed by atoms with E-state index in [1.807, 2.05) is 6.92 Å². The van der Waals surface area contributed by atoms with E-state index in [0.717, 1.165) is 6.42 Å². The van der Waals surface area contributed by atoms with Crippen LogP contribution in [0, 0.1) is 18.6 Å². The summed E-state index contributed by atoms with van der Waals surface area (Å²) >= 11 is 0. The highest BCUT2D eigenvalue weighted by Crippen LogP contribution is 2.30. The van der Waals surface area contributed by atoms with Gasteiger partial charge in [0, 0.05) is 18.9 Å². The molecule has 0 aliphatic rings. The van der Waals surface area contributed by atoms with E-state index in [0.29, 0.717) is 17.9 Å². The summed E-state index contributed by atoms with van der Waals surface area (Å²) in [6.45, 7) is 4.26. The fourth-order valence-corrected chi connectivity index (χ4v) is 1.77. The Morgan fingerprint density at radius 1 is 1.16 bits per heavy atom. The molecular formula is C14H15F2N3. The third-order valence-electron chi connectivity index (χ3n) is 2.76. The number of aromatic nitrogens is 2. The van der Waals surface area contributed by atoms with Crippen molar-refractivity contribution >= 4 is 5.82 Å². The molecule has 0 bridgehead atoms. The van der Waals surface area contributed by atoms with Crippen molar-refractivity contribution in [1.29, 1.82) is 0 Å². The Balaban J connectivity index is 2.56. The van der Waals surface area contributed by atoms with Crippen LogP contribution < -0.4 is 5.32 Å². The van der Waals surface area contributed by atoms with Gasteiger partial charge in [-0.05, 0) is 25.0 Å². The number of benzene rings is 1. The largest absolute Gasteiger partial charge is 0.368 e. The third kappa shape index (κ3) is 2.70. The van der Waals surface area contributed by atoms with E-state index in [1.54, 1.807) is 6.92 Å². The van der Waals surface area contributed by atoms with E-state index in [1.165, 1.54) is 24.5 Å². The summed E-state index contributed by atoms with van der Waals surface area (Å²) in [4.78, 5) is 8.16. The molecule has 1 aromatic carbocycles. The molecule has 0 saturated carbocycles. The van der Waals surface area contributed by atoms with Crippen molar-refractivity contribution in [2.75, 3.05) is 11.9 Å². The van der Waals surface area contributed by atoms with Crippen LogP contribution in [0.15, 0.2) is 24.5 Å². The molecule has 0 fully saturated rings. The molecule has 19 heavy (non-hydrogen) atoms. The molecule has 2 rings (SSSR count). The molecule has 0 unspecified atom stereocenters. The molecule has 100 valence electrons. The second kappa shape index (κ2) is 5.73. The Labute approximate surface area is 110 Å². The normalized spacial score (nSPS) is 10.5. The van der Waals surface area contributed by atoms with Gasteiger partial charge in [-0.15, -0.1) is 0 Å². The first-order valence-corrected chi connectivity index (χ1v) is 6.15. The van der Waals surface area contributed by atoms with Crippen molar-refractivity contribution < 1.29 is 8.78 Å². The number of anilines is 1. The summed E-state index contributed by atoms with van der Waals surface area (Å²) in [6.07, 6.45) is 3.80. The average molecular weight is 263 g/mol. The molecular weight excluding hydrogens is 248 g/mol. The van der Waals surface area contributed by atoms with Crippen molar-refractivity contribution in [3.63, 3.8) is 0 Å². The van der Waals surface area contributed by atoms with Crippen molar-refractivity contribution in [3.8, 4) is 11.3 Å². The van der Waals surface area contributed by atoms with Crippen LogP contribution in [0.2, 0.25) is 0 Å². The number of nitrogens with zero attached hydrogens (tertiary/aromatic N) is 2. The van der Waals surface area contributed by atoms with Crippen molar-refractivity contribution in [3.05, 3.63) is 41.7 Å². The van der Waals surface area contributed by atoms with Gasteiger partial charge in [-0.1, -0.05) is 13.0 Å². The van der Waals surface area contributed by atoms with Crippen LogP contribution in [0.25, 0.3) is 11.3 Å². The van der Waals surface area contributed by atoms with E-state index in [9.17, 15) is 8.78 Å². The van der Waals surface area contributed by atoms with Gasteiger partial charge in [0.2, 0.25) is 0 Å². The van der Waals surface area contributed by atoms with Crippen LogP contribution >= 0.6 is 0 Å². The lowest BCUT2D eigenvalue weighted by Gasteiger charge is -2.11. The zero-order chi connectivity index (χ0) is 13.8. The minimum absolute atomic E-state index is 0.133. The molecule has 1 aromatic heterocycles. The lowest BCUT2D eigenvalue weighted by molar-refractivity contribution is 0.582. The minimum atomic E-state index is -0.636. The molecule has 2 aromatic rings. The Kier molecular flexibility index (Phi) is 4.04. The first-order valence-electron chi connectivity index (χ1n) is 6.15. The molecule has 3 nitrogen and oxygen atoms in total. The lowest BCUT2D eigenvalue weighted by Crippen LogP contribution is -2.06. The van der Waals surface area contributed by atoms with Gasteiger partial charge in [0.05, 0.1) is 5.56 Å². The number of halogens is 2. The van der Waals surface area contributed by atoms with E-state index in [-0.39, 0.29) is 11.3 Å². The van der Waals surface area contributed by atoms with Gasteiger partial charge >= 0.3 is 0 Å². The predicted molar refractivity (Wildman–Crippen MR) is 70.9 cm³/mol. The number of aryl methyl sites for hydroxylation is 1. The van der Waals surface area contributed by atoms with Crippen LogP contribution in [-0.2, 0) is 0 Å². The van der Waals surface area contributed by atoms with Crippen LogP contribution in [0.4, 0.5) is 14.6 Å². The zero-order valence-corrected chi connectivity index (χ0v) is 10.9. The van der Waals surface area contributed by atoms with Crippen LogP contribution in [0.1, 0.15) is 18.9 Å². The second-order valence-corrected chi connectivity index (χ2v) is 4.23. The van der Waals surface area contributed by atoms with Gasteiger partial charge in [-0.2, -0.15) is 0 Å². The highest BCUT2D eigenvalue weighted by atomic mass is 19.1. The Hall–Kier alpha value is -2.04. The van der Waals surface area contributed by atoms with Crippen molar-refractivity contribution in [2.45, 2.75) is 20.3 Å². The first kappa shape index (κ1) is 13.4. The predicted octanol–water partition coefficient (Wildman–Crippen LogP) is 3.55. The lowest BCUT2D eigenvalue weighted by atomic mass is 10.1. The molecule has 0 aliphatic heterocycles. The number of rotatable bonds is 4. The summed E-state index contributed by atoms with van der Waals surface area (Å²) in [7, 11) is 0. The van der Waals surface area contributed by atoms with Crippen LogP contribution in [0.5, 0.6) is 0 Å². The minimum Gasteiger partial charge on any atom is -0.368 e. The number of hydrogen-bond donors (Lipinski definition) is 1. The van der Waals surface area contributed by atoms with Crippen LogP contribution in [0.3, 0.4) is 0 Å².